The van der Waals surface area contributed by atoms with E-state index in [0.29, 0.717) is 6.54 Å². The van der Waals surface area contributed by atoms with Crippen LogP contribution in [0.5, 0.6) is 0 Å². The first kappa shape index (κ1) is 19.8. The molecular weight excluding hydrogens is 432 g/mol. The zero-order valence-corrected chi connectivity index (χ0v) is 17.1. The van der Waals surface area contributed by atoms with E-state index in [0.717, 1.165) is 29.5 Å². The van der Waals surface area contributed by atoms with Crippen LogP contribution in [0.4, 0.5) is 4.39 Å². The van der Waals surface area contributed by atoms with Crippen molar-refractivity contribution in [1.82, 2.24) is 10.6 Å². The Bertz CT molecular complexity index is 731. The lowest BCUT2D eigenvalue weighted by Gasteiger charge is -2.17. The highest BCUT2D eigenvalue weighted by atomic mass is 127. The highest BCUT2D eigenvalue weighted by Crippen LogP contribution is 2.41. The van der Waals surface area contributed by atoms with Crippen LogP contribution in [0.25, 0.3) is 0 Å². The van der Waals surface area contributed by atoms with Gasteiger partial charge < -0.3 is 15.1 Å². The van der Waals surface area contributed by atoms with Gasteiger partial charge in [0.1, 0.15) is 17.3 Å². The van der Waals surface area contributed by atoms with Crippen LogP contribution in [-0.2, 0) is 0 Å². The van der Waals surface area contributed by atoms with E-state index in [9.17, 15) is 4.39 Å². The molecule has 0 saturated heterocycles. The Balaban J connectivity index is 0.00000225. The Hall–Kier alpha value is -1.57. The van der Waals surface area contributed by atoms with Gasteiger partial charge in [-0.05, 0) is 51.0 Å². The van der Waals surface area contributed by atoms with E-state index in [4.69, 9.17) is 4.42 Å². The van der Waals surface area contributed by atoms with Gasteiger partial charge in [-0.1, -0.05) is 18.2 Å². The Morgan fingerprint density at radius 3 is 2.72 bits per heavy atom. The molecule has 136 valence electrons. The first-order valence-electron chi connectivity index (χ1n) is 8.46. The molecule has 1 aliphatic carbocycles. The van der Waals surface area contributed by atoms with Crippen molar-refractivity contribution in [3.8, 4) is 0 Å². The first-order chi connectivity index (χ1) is 11.6. The van der Waals surface area contributed by atoms with Crippen LogP contribution in [0.1, 0.15) is 49.3 Å². The maximum Gasteiger partial charge on any atom is 0.192 e. The number of aliphatic imine (C=N–C) groups is 1. The first-order valence-corrected chi connectivity index (χ1v) is 8.46. The van der Waals surface area contributed by atoms with E-state index in [1.807, 2.05) is 45.0 Å². The predicted octanol–water partition coefficient (Wildman–Crippen LogP) is 4.52. The Morgan fingerprint density at radius 1 is 1.32 bits per heavy atom. The van der Waals surface area contributed by atoms with Crippen molar-refractivity contribution in [3.63, 3.8) is 0 Å². The lowest BCUT2D eigenvalue weighted by Crippen LogP contribution is -2.40. The fourth-order valence-corrected chi connectivity index (χ4v) is 2.90. The summed E-state index contributed by atoms with van der Waals surface area (Å²) in [5.41, 5.74) is 0.778. The fraction of sp³-hybridized carbons (Fsp3) is 0.421. The number of aryl methyl sites for hydroxylation is 1. The zero-order chi connectivity index (χ0) is 17.1. The number of nitrogens with zero attached hydrogens (tertiary/aromatic N) is 1. The molecule has 1 aromatic carbocycles. The van der Waals surface area contributed by atoms with Gasteiger partial charge in [-0.25, -0.2) is 4.39 Å². The largest absolute Gasteiger partial charge is 0.464 e. The second-order valence-corrected chi connectivity index (χ2v) is 6.25. The summed E-state index contributed by atoms with van der Waals surface area (Å²) in [6.45, 7) is 6.63. The van der Waals surface area contributed by atoms with Crippen molar-refractivity contribution < 1.29 is 8.81 Å². The molecule has 4 nitrogen and oxygen atoms in total. The zero-order valence-electron chi connectivity index (χ0n) is 14.8. The summed E-state index contributed by atoms with van der Waals surface area (Å²) >= 11 is 0. The molecular formula is C19H25FIN3O. The molecule has 0 spiro atoms. The maximum atomic E-state index is 13.9. The number of nitrogens with one attached hydrogen (secondary N) is 2. The highest BCUT2D eigenvalue weighted by molar-refractivity contribution is 14.0. The van der Waals surface area contributed by atoms with Crippen molar-refractivity contribution in [2.45, 2.75) is 45.2 Å². The second kappa shape index (κ2) is 8.69. The molecule has 3 atom stereocenters. The minimum Gasteiger partial charge on any atom is -0.464 e. The highest BCUT2D eigenvalue weighted by Gasteiger charge is 2.40. The predicted molar refractivity (Wildman–Crippen MR) is 109 cm³/mol. The van der Waals surface area contributed by atoms with E-state index < -0.39 is 0 Å². The SMILES string of the molecule is CCN=C(NC(C)c1ccc(C)o1)NC1CC1c1ccccc1F.I. The molecule has 2 aromatic rings. The Morgan fingerprint density at radius 2 is 2.08 bits per heavy atom. The summed E-state index contributed by atoms with van der Waals surface area (Å²) < 4.78 is 19.5. The van der Waals surface area contributed by atoms with Gasteiger partial charge in [-0.3, -0.25) is 4.99 Å². The number of benzene rings is 1. The third-order valence-corrected chi connectivity index (χ3v) is 4.27. The molecule has 6 heteroatoms. The van der Waals surface area contributed by atoms with E-state index in [1.54, 1.807) is 6.07 Å². The van der Waals surface area contributed by atoms with Crippen molar-refractivity contribution in [2.75, 3.05) is 6.54 Å². The van der Waals surface area contributed by atoms with Gasteiger partial charge in [0.2, 0.25) is 0 Å². The van der Waals surface area contributed by atoms with Crippen molar-refractivity contribution in [3.05, 3.63) is 59.3 Å². The quantitative estimate of drug-likeness (QED) is 0.395. The van der Waals surface area contributed by atoms with Crippen LogP contribution in [0.2, 0.25) is 0 Å². The molecule has 0 bridgehead atoms. The van der Waals surface area contributed by atoms with Gasteiger partial charge >= 0.3 is 0 Å². The summed E-state index contributed by atoms with van der Waals surface area (Å²) in [6, 6.07) is 11.1. The smallest absolute Gasteiger partial charge is 0.192 e. The number of hydrogen-bond donors (Lipinski definition) is 2. The lowest BCUT2D eigenvalue weighted by atomic mass is 10.1. The molecule has 0 aliphatic heterocycles. The molecule has 1 heterocycles. The van der Waals surface area contributed by atoms with Gasteiger partial charge in [0.25, 0.3) is 0 Å². The molecule has 1 aliphatic rings. The molecule has 25 heavy (non-hydrogen) atoms. The van der Waals surface area contributed by atoms with Crippen LogP contribution < -0.4 is 10.6 Å². The maximum absolute atomic E-state index is 13.9. The molecule has 1 saturated carbocycles. The van der Waals surface area contributed by atoms with Crippen LogP contribution in [0.3, 0.4) is 0 Å². The molecule has 0 radical (unpaired) electrons. The number of guanidine groups is 1. The average molecular weight is 457 g/mol. The fourth-order valence-electron chi connectivity index (χ4n) is 2.90. The Labute approximate surface area is 165 Å². The van der Waals surface area contributed by atoms with Crippen molar-refractivity contribution >= 4 is 29.9 Å². The van der Waals surface area contributed by atoms with E-state index in [-0.39, 0.29) is 47.8 Å². The van der Waals surface area contributed by atoms with Crippen LogP contribution in [-0.4, -0.2) is 18.5 Å². The summed E-state index contributed by atoms with van der Waals surface area (Å²) in [6.07, 6.45) is 0.916. The van der Waals surface area contributed by atoms with E-state index in [1.165, 1.54) is 6.07 Å². The summed E-state index contributed by atoms with van der Waals surface area (Å²) in [4.78, 5) is 4.49. The third-order valence-electron chi connectivity index (χ3n) is 4.27. The molecule has 1 aromatic heterocycles. The topological polar surface area (TPSA) is 49.6 Å². The van der Waals surface area contributed by atoms with Gasteiger partial charge in [-0.15, -0.1) is 24.0 Å². The number of hydrogen-bond acceptors (Lipinski definition) is 2. The van der Waals surface area contributed by atoms with Gasteiger partial charge in [0.15, 0.2) is 5.96 Å². The lowest BCUT2D eigenvalue weighted by molar-refractivity contribution is 0.441. The monoisotopic (exact) mass is 457 g/mol. The average Bonchev–Trinajstić information content (AvgIpc) is 3.16. The molecule has 3 rings (SSSR count). The normalized spacial score (nSPS) is 20.6. The summed E-state index contributed by atoms with van der Waals surface area (Å²) in [5, 5.41) is 6.76. The van der Waals surface area contributed by atoms with Gasteiger partial charge in [0, 0.05) is 18.5 Å². The van der Waals surface area contributed by atoms with Crippen LogP contribution in [0.15, 0.2) is 45.8 Å². The van der Waals surface area contributed by atoms with Crippen LogP contribution in [0, 0.1) is 12.7 Å². The standard InChI is InChI=1S/C19H24FN3O.HI/c1-4-21-19(22-13(3)18-10-9-12(2)24-18)23-17-11-15(17)14-7-5-6-8-16(14)20;/h5-10,13,15,17H,4,11H2,1-3H3,(H2,21,22,23);1H. The van der Waals surface area contributed by atoms with Crippen LogP contribution >= 0.6 is 24.0 Å². The third kappa shape index (κ3) is 4.96. The molecule has 0 amide bonds. The number of halogens is 2. The van der Waals surface area contributed by atoms with Crippen molar-refractivity contribution in [2.24, 2.45) is 4.99 Å². The number of rotatable bonds is 5. The van der Waals surface area contributed by atoms with E-state index >= 15 is 0 Å². The molecule has 3 unspecified atom stereocenters. The van der Waals surface area contributed by atoms with E-state index in [2.05, 4.69) is 15.6 Å². The van der Waals surface area contributed by atoms with Gasteiger partial charge in [-0.2, -0.15) is 0 Å². The molecule has 2 N–H and O–H groups in total. The minimum absolute atomic E-state index is 0. The summed E-state index contributed by atoms with van der Waals surface area (Å²) in [7, 11) is 0. The number of furan rings is 1. The van der Waals surface area contributed by atoms with Gasteiger partial charge in [0.05, 0.1) is 6.04 Å². The second-order valence-electron chi connectivity index (χ2n) is 6.25. The molecule has 1 fully saturated rings. The van der Waals surface area contributed by atoms with Crippen molar-refractivity contribution in [1.29, 1.82) is 0 Å². The Kier molecular flexibility index (Phi) is 6.87. The summed E-state index contributed by atoms with van der Waals surface area (Å²) in [5.74, 6) is 2.58. The minimum atomic E-state index is -0.131.